The van der Waals surface area contributed by atoms with Gasteiger partial charge in [0.25, 0.3) is 0 Å². The van der Waals surface area contributed by atoms with Crippen LogP contribution in [0.5, 0.6) is 0 Å². The fourth-order valence-corrected chi connectivity index (χ4v) is 1.63. The van der Waals surface area contributed by atoms with Gasteiger partial charge >= 0.3 is 0 Å². The zero-order valence-electron chi connectivity index (χ0n) is 10.5. The van der Waals surface area contributed by atoms with Crippen molar-refractivity contribution in [1.29, 1.82) is 0 Å². The summed E-state index contributed by atoms with van der Waals surface area (Å²) in [7, 11) is 3.98. The molecule has 0 aliphatic carbocycles. The quantitative estimate of drug-likeness (QED) is 0.826. The Labute approximate surface area is 101 Å². The number of likely N-dealkylation sites (N-methyl/N-ethyl adjacent to an activating group) is 1. The van der Waals surface area contributed by atoms with Crippen molar-refractivity contribution in [2.75, 3.05) is 32.0 Å². The fraction of sp³-hybridized carbons (Fsp3) is 0.545. The third-order valence-corrected chi connectivity index (χ3v) is 2.86. The number of anilines is 1. The molecule has 6 nitrogen and oxygen atoms in total. The standard InChI is InChI=1S/C11H18N6/c1-4-16(2)6-5-12-10-9-7-15-17(3)11(9)14-8-13-10/h7-8H,4-6H2,1-3H3,(H,12,13,14). The van der Waals surface area contributed by atoms with Gasteiger partial charge < -0.3 is 10.2 Å². The number of hydrogen-bond acceptors (Lipinski definition) is 5. The first kappa shape index (κ1) is 11.8. The Morgan fingerprint density at radius 3 is 3.00 bits per heavy atom. The molecule has 1 N–H and O–H groups in total. The molecular formula is C11H18N6. The van der Waals surface area contributed by atoms with Crippen molar-refractivity contribution in [2.45, 2.75) is 6.92 Å². The van der Waals surface area contributed by atoms with Gasteiger partial charge in [-0.2, -0.15) is 5.10 Å². The van der Waals surface area contributed by atoms with Gasteiger partial charge in [0, 0.05) is 20.1 Å². The van der Waals surface area contributed by atoms with E-state index in [1.54, 1.807) is 17.2 Å². The molecule has 0 unspecified atom stereocenters. The van der Waals surface area contributed by atoms with E-state index in [1.807, 2.05) is 7.05 Å². The molecule has 0 amide bonds. The lowest BCUT2D eigenvalue weighted by Crippen LogP contribution is -2.25. The number of aryl methyl sites for hydroxylation is 1. The Morgan fingerprint density at radius 1 is 1.41 bits per heavy atom. The van der Waals surface area contributed by atoms with Crippen molar-refractivity contribution in [2.24, 2.45) is 7.05 Å². The molecule has 0 bridgehead atoms. The predicted octanol–water partition coefficient (Wildman–Crippen LogP) is 0.727. The van der Waals surface area contributed by atoms with E-state index in [0.29, 0.717) is 0 Å². The molecule has 2 heterocycles. The number of aromatic nitrogens is 4. The highest BCUT2D eigenvalue weighted by atomic mass is 15.3. The van der Waals surface area contributed by atoms with Crippen molar-refractivity contribution in [3.63, 3.8) is 0 Å². The molecule has 0 radical (unpaired) electrons. The number of rotatable bonds is 5. The van der Waals surface area contributed by atoms with E-state index >= 15 is 0 Å². The maximum absolute atomic E-state index is 4.25. The van der Waals surface area contributed by atoms with Crippen LogP contribution >= 0.6 is 0 Å². The van der Waals surface area contributed by atoms with E-state index in [9.17, 15) is 0 Å². The van der Waals surface area contributed by atoms with Gasteiger partial charge in [0.05, 0.1) is 11.6 Å². The van der Waals surface area contributed by atoms with Crippen LogP contribution < -0.4 is 5.32 Å². The molecule has 0 spiro atoms. The molecular weight excluding hydrogens is 216 g/mol. The average Bonchev–Trinajstić information content (AvgIpc) is 2.72. The van der Waals surface area contributed by atoms with Crippen molar-refractivity contribution in [3.8, 4) is 0 Å². The summed E-state index contributed by atoms with van der Waals surface area (Å²) in [6.45, 7) is 5.05. The Balaban J connectivity index is 2.08. The van der Waals surface area contributed by atoms with E-state index < -0.39 is 0 Å². The molecule has 2 rings (SSSR count). The molecule has 17 heavy (non-hydrogen) atoms. The number of fused-ring (bicyclic) bond motifs is 1. The maximum atomic E-state index is 4.25. The van der Waals surface area contributed by atoms with Crippen molar-refractivity contribution in [3.05, 3.63) is 12.5 Å². The van der Waals surface area contributed by atoms with Crippen LogP contribution in [0.2, 0.25) is 0 Å². The highest BCUT2D eigenvalue weighted by Crippen LogP contribution is 2.17. The molecule has 92 valence electrons. The van der Waals surface area contributed by atoms with Gasteiger partial charge in [-0.25, -0.2) is 9.97 Å². The van der Waals surface area contributed by atoms with E-state index in [4.69, 9.17) is 0 Å². The zero-order chi connectivity index (χ0) is 12.3. The predicted molar refractivity (Wildman–Crippen MR) is 68.0 cm³/mol. The minimum Gasteiger partial charge on any atom is -0.368 e. The Bertz CT molecular complexity index is 492. The summed E-state index contributed by atoms with van der Waals surface area (Å²) in [5, 5.41) is 8.47. The van der Waals surface area contributed by atoms with Crippen LogP contribution in [0.25, 0.3) is 11.0 Å². The number of hydrogen-bond donors (Lipinski definition) is 1. The van der Waals surface area contributed by atoms with Crippen LogP contribution in [0.4, 0.5) is 5.82 Å². The van der Waals surface area contributed by atoms with Crippen molar-refractivity contribution in [1.82, 2.24) is 24.6 Å². The molecule has 6 heteroatoms. The largest absolute Gasteiger partial charge is 0.368 e. The fourth-order valence-electron chi connectivity index (χ4n) is 1.63. The summed E-state index contributed by atoms with van der Waals surface area (Å²) in [6.07, 6.45) is 3.36. The summed E-state index contributed by atoms with van der Waals surface area (Å²) >= 11 is 0. The second-order valence-electron chi connectivity index (χ2n) is 4.05. The molecule has 0 fully saturated rings. The van der Waals surface area contributed by atoms with Crippen molar-refractivity contribution < 1.29 is 0 Å². The molecule has 2 aromatic heterocycles. The van der Waals surface area contributed by atoms with E-state index in [0.717, 1.165) is 36.5 Å². The van der Waals surface area contributed by atoms with Crippen LogP contribution in [0.3, 0.4) is 0 Å². The smallest absolute Gasteiger partial charge is 0.163 e. The Morgan fingerprint density at radius 2 is 2.24 bits per heavy atom. The van der Waals surface area contributed by atoms with Crippen LogP contribution in [0.15, 0.2) is 12.5 Å². The summed E-state index contributed by atoms with van der Waals surface area (Å²) in [4.78, 5) is 10.7. The summed E-state index contributed by atoms with van der Waals surface area (Å²) < 4.78 is 1.75. The average molecular weight is 234 g/mol. The molecule has 0 atom stereocenters. The molecule has 0 aromatic carbocycles. The van der Waals surface area contributed by atoms with Gasteiger partial charge in [-0.05, 0) is 13.6 Å². The first-order chi connectivity index (χ1) is 8.22. The SMILES string of the molecule is CCN(C)CCNc1ncnc2c1cnn2C. The summed E-state index contributed by atoms with van der Waals surface area (Å²) in [6, 6.07) is 0. The minimum atomic E-state index is 0.853. The van der Waals surface area contributed by atoms with Gasteiger partial charge in [-0.1, -0.05) is 6.92 Å². The third kappa shape index (κ3) is 2.52. The van der Waals surface area contributed by atoms with E-state index in [-0.39, 0.29) is 0 Å². The molecule has 2 aromatic rings. The number of nitrogens with one attached hydrogen (secondary N) is 1. The van der Waals surface area contributed by atoms with Crippen LogP contribution in [0, 0.1) is 0 Å². The molecule has 0 saturated heterocycles. The number of nitrogens with zero attached hydrogens (tertiary/aromatic N) is 5. The highest BCUT2D eigenvalue weighted by Gasteiger charge is 2.06. The Hall–Kier alpha value is -1.69. The van der Waals surface area contributed by atoms with E-state index in [2.05, 4.69) is 39.3 Å². The Kier molecular flexibility index (Phi) is 3.53. The van der Waals surface area contributed by atoms with Crippen LogP contribution in [0.1, 0.15) is 6.92 Å². The van der Waals surface area contributed by atoms with Gasteiger partial charge in [0.1, 0.15) is 12.1 Å². The lowest BCUT2D eigenvalue weighted by atomic mass is 10.4. The second-order valence-corrected chi connectivity index (χ2v) is 4.05. The molecule has 0 aliphatic heterocycles. The minimum absolute atomic E-state index is 0.853. The van der Waals surface area contributed by atoms with E-state index in [1.165, 1.54) is 0 Å². The molecule has 0 saturated carbocycles. The van der Waals surface area contributed by atoms with Gasteiger partial charge in [0.2, 0.25) is 0 Å². The van der Waals surface area contributed by atoms with Gasteiger partial charge in [0.15, 0.2) is 5.65 Å². The topological polar surface area (TPSA) is 58.9 Å². The van der Waals surface area contributed by atoms with Crippen molar-refractivity contribution >= 4 is 16.9 Å². The summed E-state index contributed by atoms with van der Waals surface area (Å²) in [5.41, 5.74) is 0.853. The van der Waals surface area contributed by atoms with Gasteiger partial charge in [-0.3, -0.25) is 4.68 Å². The van der Waals surface area contributed by atoms with Gasteiger partial charge in [-0.15, -0.1) is 0 Å². The monoisotopic (exact) mass is 234 g/mol. The maximum Gasteiger partial charge on any atom is 0.163 e. The lowest BCUT2D eigenvalue weighted by Gasteiger charge is -2.14. The first-order valence-corrected chi connectivity index (χ1v) is 5.77. The third-order valence-electron chi connectivity index (χ3n) is 2.86. The lowest BCUT2D eigenvalue weighted by molar-refractivity contribution is 0.367. The first-order valence-electron chi connectivity index (χ1n) is 5.77. The second kappa shape index (κ2) is 5.09. The zero-order valence-corrected chi connectivity index (χ0v) is 10.5. The normalized spacial score (nSPS) is 11.3. The molecule has 0 aliphatic rings. The van der Waals surface area contributed by atoms with Crippen LogP contribution in [-0.2, 0) is 7.05 Å². The van der Waals surface area contributed by atoms with Crippen LogP contribution in [-0.4, -0.2) is 51.3 Å². The summed E-state index contributed by atoms with van der Waals surface area (Å²) in [5.74, 6) is 0.854. The highest BCUT2D eigenvalue weighted by molar-refractivity contribution is 5.85.